The van der Waals surface area contributed by atoms with Crippen LogP contribution in [0.1, 0.15) is 29.0 Å². The second-order valence-corrected chi connectivity index (χ2v) is 5.18. The van der Waals surface area contributed by atoms with E-state index >= 15 is 0 Å². The molecule has 0 aromatic carbocycles. The molecule has 116 valence electrons. The molecule has 8 heteroatoms. The van der Waals surface area contributed by atoms with Gasteiger partial charge in [0.1, 0.15) is 23.8 Å². The Bertz CT molecular complexity index is 720. The molecule has 1 saturated heterocycles. The first-order valence-electron chi connectivity index (χ1n) is 7.31. The predicted molar refractivity (Wildman–Crippen MR) is 81.5 cm³/mol. The Kier molecular flexibility index (Phi) is 4.38. The van der Waals surface area contributed by atoms with Gasteiger partial charge in [0, 0.05) is 31.5 Å². The Morgan fingerprint density at radius 2 is 2.09 bits per heavy atom. The third kappa shape index (κ3) is 3.58. The van der Waals surface area contributed by atoms with Crippen LogP contribution in [0.5, 0.6) is 0 Å². The van der Waals surface area contributed by atoms with E-state index < -0.39 is 0 Å². The minimum absolute atomic E-state index is 0.0906. The number of carbonyl (C=O) groups is 1. The number of amides is 1. The number of anilines is 1. The first kappa shape index (κ1) is 14.8. The first-order valence-corrected chi connectivity index (χ1v) is 7.31. The van der Waals surface area contributed by atoms with Crippen LogP contribution in [0, 0.1) is 11.3 Å². The van der Waals surface area contributed by atoms with Crippen molar-refractivity contribution in [3.8, 4) is 6.07 Å². The van der Waals surface area contributed by atoms with Crippen LogP contribution < -0.4 is 10.2 Å². The molecule has 0 aliphatic carbocycles. The summed E-state index contributed by atoms with van der Waals surface area (Å²) in [6.07, 6.45) is 6.07. The van der Waals surface area contributed by atoms with Crippen molar-refractivity contribution in [1.29, 1.82) is 5.26 Å². The fourth-order valence-electron chi connectivity index (χ4n) is 2.47. The summed E-state index contributed by atoms with van der Waals surface area (Å²) in [5.41, 5.74) is 0.724. The Morgan fingerprint density at radius 1 is 1.26 bits per heavy atom. The molecule has 23 heavy (non-hydrogen) atoms. The van der Waals surface area contributed by atoms with Crippen LogP contribution in [-0.4, -0.2) is 45.0 Å². The largest absolute Gasteiger partial charge is 0.348 e. The highest BCUT2D eigenvalue weighted by molar-refractivity contribution is 5.92. The fourth-order valence-corrected chi connectivity index (χ4v) is 2.47. The topological polar surface area (TPSA) is 108 Å². The standard InChI is InChI=1S/C15H15N7O/c16-9-12-1-6-18-15(21-12)22-7-3-11(4-8-22)20-14(23)13-2-5-17-10-19-13/h1-2,5-6,10-11H,3-4,7-8H2,(H,20,23). The Hall–Kier alpha value is -3.08. The van der Waals surface area contributed by atoms with Gasteiger partial charge in [-0.2, -0.15) is 5.26 Å². The lowest BCUT2D eigenvalue weighted by molar-refractivity contribution is 0.0926. The number of rotatable bonds is 3. The van der Waals surface area contributed by atoms with Gasteiger partial charge in [0.2, 0.25) is 5.95 Å². The average Bonchev–Trinajstić information content (AvgIpc) is 2.63. The van der Waals surface area contributed by atoms with E-state index in [2.05, 4.69) is 25.3 Å². The number of nitrogens with one attached hydrogen (secondary N) is 1. The van der Waals surface area contributed by atoms with Crippen LogP contribution in [0.15, 0.2) is 30.9 Å². The Morgan fingerprint density at radius 3 is 2.78 bits per heavy atom. The second-order valence-electron chi connectivity index (χ2n) is 5.18. The number of aromatic nitrogens is 4. The van der Waals surface area contributed by atoms with Crippen LogP contribution in [0.25, 0.3) is 0 Å². The maximum absolute atomic E-state index is 12.1. The molecule has 0 saturated carbocycles. The lowest BCUT2D eigenvalue weighted by atomic mass is 10.1. The molecule has 0 unspecified atom stereocenters. The third-order valence-electron chi connectivity index (χ3n) is 3.69. The highest BCUT2D eigenvalue weighted by Crippen LogP contribution is 2.16. The van der Waals surface area contributed by atoms with Crippen molar-refractivity contribution in [2.45, 2.75) is 18.9 Å². The van der Waals surface area contributed by atoms with E-state index in [1.165, 1.54) is 6.33 Å². The zero-order valence-electron chi connectivity index (χ0n) is 12.4. The number of nitrogens with zero attached hydrogens (tertiary/aromatic N) is 6. The predicted octanol–water partition coefficient (Wildman–Crippen LogP) is 0.537. The van der Waals surface area contributed by atoms with Crippen molar-refractivity contribution in [2.75, 3.05) is 18.0 Å². The van der Waals surface area contributed by atoms with E-state index in [1.807, 2.05) is 11.0 Å². The van der Waals surface area contributed by atoms with E-state index in [-0.39, 0.29) is 11.9 Å². The molecule has 2 aromatic heterocycles. The van der Waals surface area contributed by atoms with Crippen molar-refractivity contribution in [1.82, 2.24) is 25.3 Å². The van der Waals surface area contributed by atoms with Crippen LogP contribution in [0.3, 0.4) is 0 Å². The minimum atomic E-state index is -0.187. The molecule has 3 rings (SSSR count). The Balaban J connectivity index is 1.56. The minimum Gasteiger partial charge on any atom is -0.348 e. The van der Waals surface area contributed by atoms with Gasteiger partial charge in [-0.1, -0.05) is 0 Å². The van der Waals surface area contributed by atoms with Crippen LogP contribution in [0.4, 0.5) is 5.95 Å². The summed E-state index contributed by atoms with van der Waals surface area (Å²) < 4.78 is 0. The Labute approximate surface area is 133 Å². The van der Waals surface area contributed by atoms with Gasteiger partial charge in [0.25, 0.3) is 5.91 Å². The first-order chi connectivity index (χ1) is 11.3. The summed E-state index contributed by atoms with van der Waals surface area (Å²) in [4.78, 5) is 30.2. The zero-order chi connectivity index (χ0) is 16.1. The van der Waals surface area contributed by atoms with Crippen molar-refractivity contribution < 1.29 is 4.79 Å². The van der Waals surface area contributed by atoms with Gasteiger partial charge in [-0.15, -0.1) is 0 Å². The molecular weight excluding hydrogens is 294 g/mol. The maximum atomic E-state index is 12.1. The zero-order valence-corrected chi connectivity index (χ0v) is 12.4. The van der Waals surface area contributed by atoms with Crippen LogP contribution in [-0.2, 0) is 0 Å². The quantitative estimate of drug-likeness (QED) is 0.881. The molecular formula is C15H15N7O. The van der Waals surface area contributed by atoms with Crippen LogP contribution in [0.2, 0.25) is 0 Å². The van der Waals surface area contributed by atoms with E-state index in [0.29, 0.717) is 17.3 Å². The molecule has 0 radical (unpaired) electrons. The smallest absolute Gasteiger partial charge is 0.270 e. The third-order valence-corrected chi connectivity index (χ3v) is 3.69. The molecule has 1 fully saturated rings. The van der Waals surface area contributed by atoms with E-state index in [0.717, 1.165) is 25.9 Å². The summed E-state index contributed by atoms with van der Waals surface area (Å²) in [6, 6.07) is 5.27. The summed E-state index contributed by atoms with van der Waals surface area (Å²) in [5, 5.41) is 11.9. The molecule has 3 heterocycles. The van der Waals surface area contributed by atoms with Gasteiger partial charge < -0.3 is 10.2 Å². The highest BCUT2D eigenvalue weighted by Gasteiger charge is 2.23. The summed E-state index contributed by atoms with van der Waals surface area (Å²) >= 11 is 0. The number of nitriles is 1. The molecule has 1 N–H and O–H groups in total. The average molecular weight is 309 g/mol. The molecule has 2 aromatic rings. The second kappa shape index (κ2) is 6.79. The lowest BCUT2D eigenvalue weighted by Gasteiger charge is -2.32. The van der Waals surface area contributed by atoms with Crippen molar-refractivity contribution in [2.24, 2.45) is 0 Å². The summed E-state index contributed by atoms with van der Waals surface area (Å²) in [7, 11) is 0. The van der Waals surface area contributed by atoms with E-state index in [9.17, 15) is 4.79 Å². The molecule has 0 atom stereocenters. The molecule has 0 spiro atoms. The van der Waals surface area contributed by atoms with Gasteiger partial charge in [0.15, 0.2) is 0 Å². The van der Waals surface area contributed by atoms with Crippen LogP contribution >= 0.6 is 0 Å². The fraction of sp³-hybridized carbons (Fsp3) is 0.333. The van der Waals surface area contributed by atoms with Crippen molar-refractivity contribution in [3.05, 3.63) is 42.2 Å². The normalized spacial score (nSPS) is 15.0. The number of hydrogen-bond donors (Lipinski definition) is 1. The SMILES string of the molecule is N#Cc1ccnc(N2CCC(NC(=O)c3ccncn3)CC2)n1. The van der Waals surface area contributed by atoms with Crippen molar-refractivity contribution >= 4 is 11.9 Å². The van der Waals surface area contributed by atoms with E-state index in [4.69, 9.17) is 5.26 Å². The monoisotopic (exact) mass is 309 g/mol. The molecule has 1 aliphatic heterocycles. The maximum Gasteiger partial charge on any atom is 0.270 e. The molecule has 1 amide bonds. The molecule has 0 bridgehead atoms. The highest BCUT2D eigenvalue weighted by atomic mass is 16.1. The van der Waals surface area contributed by atoms with Gasteiger partial charge in [-0.3, -0.25) is 4.79 Å². The lowest BCUT2D eigenvalue weighted by Crippen LogP contribution is -2.45. The summed E-state index contributed by atoms with van der Waals surface area (Å²) in [6.45, 7) is 1.45. The van der Waals surface area contributed by atoms with Gasteiger partial charge >= 0.3 is 0 Å². The summed E-state index contributed by atoms with van der Waals surface area (Å²) in [5.74, 6) is 0.373. The number of piperidine rings is 1. The number of carbonyl (C=O) groups excluding carboxylic acids is 1. The van der Waals surface area contributed by atoms with Gasteiger partial charge in [0.05, 0.1) is 0 Å². The molecule has 8 nitrogen and oxygen atoms in total. The number of hydrogen-bond acceptors (Lipinski definition) is 7. The van der Waals surface area contributed by atoms with Gasteiger partial charge in [-0.05, 0) is 25.0 Å². The van der Waals surface area contributed by atoms with Crippen molar-refractivity contribution in [3.63, 3.8) is 0 Å². The van der Waals surface area contributed by atoms with Gasteiger partial charge in [-0.25, -0.2) is 19.9 Å². The molecule has 1 aliphatic rings. The van der Waals surface area contributed by atoms with E-state index in [1.54, 1.807) is 24.5 Å².